The minimum absolute atomic E-state index is 0.0174. The van der Waals surface area contributed by atoms with Crippen LogP contribution in [0.2, 0.25) is 0 Å². The van der Waals surface area contributed by atoms with E-state index in [4.69, 9.17) is 4.42 Å². The maximum atomic E-state index is 12.6. The fourth-order valence-corrected chi connectivity index (χ4v) is 4.48. The van der Waals surface area contributed by atoms with Crippen molar-refractivity contribution >= 4 is 51.3 Å². The highest BCUT2D eigenvalue weighted by Gasteiger charge is 2.25. The van der Waals surface area contributed by atoms with Gasteiger partial charge >= 0.3 is 6.09 Å². The summed E-state index contributed by atoms with van der Waals surface area (Å²) in [5.41, 5.74) is 2.41. The molecule has 1 N–H and O–H groups in total. The maximum absolute atomic E-state index is 12.6. The number of amides is 2. The first-order valence-electron chi connectivity index (χ1n) is 8.22. The number of nitrogens with zero attached hydrogens (tertiary/aromatic N) is 3. The molecular formula is C17H16N4O4S2. The van der Waals surface area contributed by atoms with Gasteiger partial charge in [-0.05, 0) is 12.1 Å². The highest BCUT2D eigenvalue weighted by molar-refractivity contribution is 7.99. The van der Waals surface area contributed by atoms with Gasteiger partial charge in [-0.3, -0.25) is 10.1 Å². The molecular weight excluding hydrogens is 388 g/mol. The van der Waals surface area contributed by atoms with Crippen LogP contribution in [0, 0.1) is 0 Å². The Kier molecular flexibility index (Phi) is 4.99. The molecule has 0 radical (unpaired) electrons. The largest absolute Gasteiger partial charge is 0.453 e. The lowest BCUT2D eigenvalue weighted by atomic mass is 10.2. The minimum Gasteiger partial charge on any atom is -0.453 e. The van der Waals surface area contributed by atoms with Crippen LogP contribution in [0.25, 0.3) is 11.1 Å². The molecule has 8 nitrogen and oxygen atoms in total. The minimum atomic E-state index is -0.552. The van der Waals surface area contributed by atoms with E-state index >= 15 is 0 Å². The summed E-state index contributed by atoms with van der Waals surface area (Å²) in [6.07, 6.45) is 0.109. The number of carbonyl (C=O) groups is 2. The molecule has 0 saturated heterocycles. The number of oxazole rings is 1. The van der Waals surface area contributed by atoms with Crippen LogP contribution in [0.4, 0.5) is 9.93 Å². The molecule has 0 spiro atoms. The Morgan fingerprint density at radius 3 is 3.04 bits per heavy atom. The van der Waals surface area contributed by atoms with Crippen LogP contribution >= 0.6 is 23.1 Å². The molecule has 0 aliphatic carbocycles. The quantitative estimate of drug-likeness (QED) is 0.667. The summed E-state index contributed by atoms with van der Waals surface area (Å²) in [6, 6.07) is 7.51. The molecule has 3 heterocycles. The number of ether oxygens (including phenoxy) is 1. The fraction of sp³-hybridized carbons (Fsp3) is 0.294. The monoisotopic (exact) mass is 404 g/mol. The summed E-state index contributed by atoms with van der Waals surface area (Å²) in [5.74, 6) is 0.276. The Morgan fingerprint density at radius 1 is 1.37 bits per heavy atom. The molecule has 4 rings (SSSR count). The van der Waals surface area contributed by atoms with Gasteiger partial charge < -0.3 is 14.1 Å². The van der Waals surface area contributed by atoms with Gasteiger partial charge in [0.05, 0.1) is 25.1 Å². The number of thiazole rings is 1. The third-order valence-electron chi connectivity index (χ3n) is 4.07. The normalized spacial score (nSPS) is 13.4. The number of fused-ring (bicyclic) bond motifs is 2. The van der Waals surface area contributed by atoms with E-state index in [1.165, 1.54) is 30.2 Å². The molecule has 0 fully saturated rings. The van der Waals surface area contributed by atoms with Crippen LogP contribution in [-0.4, -0.2) is 46.3 Å². The van der Waals surface area contributed by atoms with E-state index in [9.17, 15) is 9.59 Å². The van der Waals surface area contributed by atoms with Gasteiger partial charge in [0.25, 0.3) is 5.22 Å². The van der Waals surface area contributed by atoms with Gasteiger partial charge in [-0.1, -0.05) is 35.2 Å². The molecule has 0 atom stereocenters. The summed E-state index contributed by atoms with van der Waals surface area (Å²) in [4.78, 5) is 35.4. The predicted octanol–water partition coefficient (Wildman–Crippen LogP) is 3.14. The summed E-state index contributed by atoms with van der Waals surface area (Å²) in [5, 5.41) is 3.55. The van der Waals surface area contributed by atoms with Gasteiger partial charge in [0.2, 0.25) is 5.91 Å². The molecule has 0 unspecified atom stereocenters. The molecule has 0 bridgehead atoms. The van der Waals surface area contributed by atoms with Crippen molar-refractivity contribution in [3.63, 3.8) is 0 Å². The van der Waals surface area contributed by atoms with Crippen molar-refractivity contribution in [2.75, 3.05) is 24.7 Å². The summed E-state index contributed by atoms with van der Waals surface area (Å²) in [6.45, 7) is 1.09. The SMILES string of the molecule is COC(=O)Nc1nc2c(s1)CN(C(=O)CSc1nc3ccccc3o1)CC2. The maximum Gasteiger partial charge on any atom is 0.413 e. The third-order valence-corrected chi connectivity index (χ3v) is 5.88. The van der Waals surface area contributed by atoms with E-state index < -0.39 is 6.09 Å². The van der Waals surface area contributed by atoms with Crippen LogP contribution in [0.3, 0.4) is 0 Å². The molecule has 1 aliphatic rings. The number of carbonyl (C=O) groups excluding carboxylic acids is 2. The molecule has 140 valence electrons. The van der Waals surface area contributed by atoms with Crippen molar-refractivity contribution in [3.05, 3.63) is 34.8 Å². The zero-order chi connectivity index (χ0) is 18.8. The summed E-state index contributed by atoms with van der Waals surface area (Å²) < 4.78 is 10.2. The van der Waals surface area contributed by atoms with Crippen LogP contribution in [0.1, 0.15) is 10.6 Å². The lowest BCUT2D eigenvalue weighted by Gasteiger charge is -2.25. The molecule has 1 aromatic carbocycles. The van der Waals surface area contributed by atoms with Crippen molar-refractivity contribution in [1.29, 1.82) is 0 Å². The molecule has 10 heteroatoms. The first-order valence-corrected chi connectivity index (χ1v) is 10.0. The van der Waals surface area contributed by atoms with E-state index in [0.29, 0.717) is 35.4 Å². The molecule has 3 aromatic rings. The van der Waals surface area contributed by atoms with Crippen molar-refractivity contribution in [2.45, 2.75) is 18.2 Å². The molecule has 0 saturated carbocycles. The Hall–Kier alpha value is -2.59. The van der Waals surface area contributed by atoms with Gasteiger partial charge in [0, 0.05) is 17.8 Å². The zero-order valence-electron chi connectivity index (χ0n) is 14.4. The zero-order valence-corrected chi connectivity index (χ0v) is 16.1. The van der Waals surface area contributed by atoms with E-state index in [1.807, 2.05) is 24.3 Å². The number of aromatic nitrogens is 2. The molecule has 27 heavy (non-hydrogen) atoms. The molecule has 2 amide bonds. The van der Waals surface area contributed by atoms with Gasteiger partial charge in [-0.15, -0.1) is 0 Å². The van der Waals surface area contributed by atoms with E-state index in [1.54, 1.807) is 4.90 Å². The number of methoxy groups -OCH3 is 1. The number of nitrogens with one attached hydrogen (secondary N) is 1. The first-order chi connectivity index (χ1) is 13.1. The molecule has 2 aromatic heterocycles. The molecule has 1 aliphatic heterocycles. The number of hydrogen-bond donors (Lipinski definition) is 1. The topological polar surface area (TPSA) is 97.6 Å². The highest BCUT2D eigenvalue weighted by Crippen LogP contribution is 2.29. The third kappa shape index (κ3) is 3.91. The number of para-hydroxylation sites is 2. The Balaban J connectivity index is 1.36. The van der Waals surface area contributed by atoms with Gasteiger partial charge in [-0.25, -0.2) is 14.8 Å². The summed E-state index contributed by atoms with van der Waals surface area (Å²) >= 11 is 2.65. The van der Waals surface area contributed by atoms with Crippen molar-refractivity contribution in [3.8, 4) is 0 Å². The second-order valence-corrected chi connectivity index (χ2v) is 7.82. The standard InChI is InChI=1S/C17H16N4O4S2/c1-24-16(23)20-15-18-11-6-7-21(8-13(11)27-15)14(22)9-26-17-19-10-4-2-3-5-12(10)25-17/h2-5H,6-9H2,1H3,(H,18,20,23). The van der Waals surface area contributed by atoms with Crippen LogP contribution < -0.4 is 5.32 Å². The first kappa shape index (κ1) is 17.8. The Morgan fingerprint density at radius 2 is 2.22 bits per heavy atom. The Labute approximate surface area is 162 Å². The average Bonchev–Trinajstić information content (AvgIpc) is 3.27. The van der Waals surface area contributed by atoms with E-state index in [2.05, 4.69) is 20.0 Å². The van der Waals surface area contributed by atoms with Crippen LogP contribution in [0.15, 0.2) is 33.9 Å². The van der Waals surface area contributed by atoms with Crippen LogP contribution in [0.5, 0.6) is 0 Å². The van der Waals surface area contributed by atoms with Crippen molar-refractivity contribution in [2.24, 2.45) is 0 Å². The van der Waals surface area contributed by atoms with Crippen molar-refractivity contribution < 1.29 is 18.7 Å². The second-order valence-electron chi connectivity index (χ2n) is 5.81. The number of rotatable bonds is 4. The van der Waals surface area contributed by atoms with Crippen LogP contribution in [-0.2, 0) is 22.5 Å². The predicted molar refractivity (Wildman–Crippen MR) is 102 cm³/mol. The van der Waals surface area contributed by atoms with Gasteiger partial charge in [0.15, 0.2) is 10.7 Å². The lowest BCUT2D eigenvalue weighted by molar-refractivity contribution is -0.129. The van der Waals surface area contributed by atoms with Crippen molar-refractivity contribution in [1.82, 2.24) is 14.9 Å². The number of thioether (sulfide) groups is 1. The second kappa shape index (κ2) is 7.57. The average molecular weight is 404 g/mol. The van der Waals surface area contributed by atoms with Gasteiger partial charge in [-0.2, -0.15) is 0 Å². The number of anilines is 1. The summed E-state index contributed by atoms with van der Waals surface area (Å²) in [7, 11) is 1.30. The number of hydrogen-bond acceptors (Lipinski definition) is 8. The number of benzene rings is 1. The highest BCUT2D eigenvalue weighted by atomic mass is 32.2. The van der Waals surface area contributed by atoms with E-state index in [-0.39, 0.29) is 11.7 Å². The van der Waals surface area contributed by atoms with Gasteiger partial charge in [0.1, 0.15) is 5.52 Å². The Bertz CT molecular complexity index is 967. The smallest absolute Gasteiger partial charge is 0.413 e. The van der Waals surface area contributed by atoms with E-state index in [0.717, 1.165) is 16.1 Å². The lowest BCUT2D eigenvalue weighted by Crippen LogP contribution is -2.36. The fourth-order valence-electron chi connectivity index (χ4n) is 2.73.